The Kier molecular flexibility index (Phi) is 1.42. The molecule has 2 atom stereocenters. The zero-order valence-corrected chi connectivity index (χ0v) is 10.3. The molecule has 3 aliphatic carbocycles. The molecule has 0 aliphatic heterocycles. The van der Waals surface area contributed by atoms with E-state index in [-0.39, 0.29) is 0 Å². The minimum absolute atomic E-state index is 0.437. The van der Waals surface area contributed by atoms with Crippen molar-refractivity contribution in [3.8, 4) is 0 Å². The maximum atomic E-state index is 12.0. The van der Waals surface area contributed by atoms with Gasteiger partial charge in [-0.1, -0.05) is 25.2 Å². The molecule has 0 radical (unpaired) electrons. The Balaban J connectivity index is 2.13. The van der Waals surface area contributed by atoms with E-state index in [4.69, 9.17) is 0 Å². The number of hydrogen-bond acceptors (Lipinski definition) is 1. The van der Waals surface area contributed by atoms with Crippen molar-refractivity contribution in [2.24, 2.45) is 11.3 Å². The van der Waals surface area contributed by atoms with Crippen LogP contribution in [-0.4, -0.2) is 13.9 Å². The molecular weight excluding hydrogens is 188 g/mol. The molecule has 0 amide bonds. The van der Waals surface area contributed by atoms with Crippen molar-refractivity contribution in [2.75, 3.05) is 0 Å². The predicted molar refractivity (Wildman–Crippen MR) is 59.8 cm³/mol. The molecule has 0 N–H and O–H groups in total. The highest BCUT2D eigenvalue weighted by Crippen LogP contribution is 2.72. The molecule has 0 aromatic heterocycles. The van der Waals surface area contributed by atoms with Crippen LogP contribution in [0.25, 0.3) is 0 Å². The van der Waals surface area contributed by atoms with Crippen molar-refractivity contribution in [3.05, 3.63) is 10.8 Å². The molecule has 1 nitrogen and oxygen atoms in total. The summed E-state index contributed by atoms with van der Waals surface area (Å²) in [5, 5.41) is 1.33. The summed E-state index contributed by atoms with van der Waals surface area (Å²) in [6.45, 7) is 6.96. The van der Waals surface area contributed by atoms with E-state index in [2.05, 4.69) is 19.6 Å². The zero-order chi connectivity index (χ0) is 10.1. The third-order valence-corrected chi connectivity index (χ3v) is 6.46. The fourth-order valence-corrected chi connectivity index (χ4v) is 6.01. The number of Topliss-reactive ketones (excluding diaryl/α,β-unsaturated/α-hetero) is 1. The molecule has 0 aromatic rings. The van der Waals surface area contributed by atoms with E-state index in [1.807, 2.05) is 0 Å². The Morgan fingerprint density at radius 3 is 2.64 bits per heavy atom. The quantitative estimate of drug-likeness (QED) is 0.603. The third-order valence-electron chi connectivity index (χ3n) is 4.38. The molecule has 2 saturated carbocycles. The second-order valence-electron chi connectivity index (χ2n) is 6.30. The van der Waals surface area contributed by atoms with Crippen molar-refractivity contribution in [2.45, 2.75) is 45.3 Å². The van der Waals surface area contributed by atoms with Crippen molar-refractivity contribution >= 4 is 13.9 Å². The first-order valence-corrected chi connectivity index (χ1v) is 9.22. The van der Waals surface area contributed by atoms with Gasteiger partial charge in [-0.05, 0) is 30.4 Å². The van der Waals surface area contributed by atoms with Gasteiger partial charge in [-0.2, -0.15) is 0 Å². The van der Waals surface area contributed by atoms with Crippen LogP contribution in [0.4, 0.5) is 0 Å². The first-order valence-electron chi connectivity index (χ1n) is 5.72. The topological polar surface area (TPSA) is 17.1 Å². The maximum absolute atomic E-state index is 12.0. The van der Waals surface area contributed by atoms with Crippen molar-refractivity contribution in [3.63, 3.8) is 0 Å². The van der Waals surface area contributed by atoms with Gasteiger partial charge in [0.15, 0.2) is 5.78 Å². The zero-order valence-electron chi connectivity index (χ0n) is 9.31. The molecule has 0 saturated heterocycles. The molecule has 2 fully saturated rings. The van der Waals surface area contributed by atoms with E-state index in [0.29, 0.717) is 11.2 Å². The Labute approximate surface area is 86.6 Å². The van der Waals surface area contributed by atoms with Crippen LogP contribution in [-0.2, 0) is 4.79 Å². The van der Waals surface area contributed by atoms with Gasteiger partial charge in [0.2, 0.25) is 0 Å². The molecule has 3 rings (SSSR count). The van der Waals surface area contributed by atoms with Crippen LogP contribution < -0.4 is 0 Å². The van der Waals surface area contributed by atoms with Gasteiger partial charge < -0.3 is 0 Å². The van der Waals surface area contributed by atoms with Gasteiger partial charge in [0.1, 0.15) is 0 Å². The standard InChI is InChI=1S/C12H18OSi/c1-14(2,3)11-9-5-4-8-6-12(8,9)7-10(11)13/h8H,4-7H2,1-3H3. The number of rotatable bonds is 1. The first-order chi connectivity index (χ1) is 6.45. The third kappa shape index (κ3) is 0.880. The van der Waals surface area contributed by atoms with E-state index in [0.717, 1.165) is 12.3 Å². The van der Waals surface area contributed by atoms with E-state index in [1.165, 1.54) is 24.5 Å². The van der Waals surface area contributed by atoms with Crippen LogP contribution >= 0.6 is 0 Å². The largest absolute Gasteiger partial charge is 0.295 e. The highest BCUT2D eigenvalue weighted by molar-refractivity contribution is 6.87. The second kappa shape index (κ2) is 2.24. The minimum atomic E-state index is -1.36. The summed E-state index contributed by atoms with van der Waals surface area (Å²) in [5.41, 5.74) is 2.05. The van der Waals surface area contributed by atoms with Crippen molar-refractivity contribution in [1.29, 1.82) is 0 Å². The fourth-order valence-electron chi connectivity index (χ4n) is 3.81. The SMILES string of the molecule is C[Si](C)(C)C1=C2CCC3CC23CC1=O. The second-order valence-corrected chi connectivity index (χ2v) is 11.3. The maximum Gasteiger partial charge on any atom is 0.155 e. The summed E-state index contributed by atoms with van der Waals surface area (Å²) >= 11 is 0. The molecule has 14 heavy (non-hydrogen) atoms. The van der Waals surface area contributed by atoms with E-state index >= 15 is 0 Å². The summed E-state index contributed by atoms with van der Waals surface area (Å²) in [6.07, 6.45) is 4.83. The van der Waals surface area contributed by atoms with Gasteiger partial charge in [0, 0.05) is 11.8 Å². The van der Waals surface area contributed by atoms with Crippen LogP contribution in [0, 0.1) is 11.3 Å². The molecule has 3 aliphatic rings. The Morgan fingerprint density at radius 1 is 1.36 bits per heavy atom. The normalized spacial score (nSPS) is 40.2. The van der Waals surface area contributed by atoms with Gasteiger partial charge in [-0.25, -0.2) is 0 Å². The average molecular weight is 206 g/mol. The predicted octanol–water partition coefficient (Wildman–Crippen LogP) is 2.93. The van der Waals surface area contributed by atoms with E-state index < -0.39 is 8.07 Å². The summed E-state index contributed by atoms with van der Waals surface area (Å²) in [6, 6.07) is 0. The highest BCUT2D eigenvalue weighted by atomic mass is 28.3. The summed E-state index contributed by atoms with van der Waals surface area (Å²) in [5.74, 6) is 1.41. The molecule has 1 spiro atoms. The van der Waals surface area contributed by atoms with Crippen molar-refractivity contribution in [1.82, 2.24) is 0 Å². The Bertz CT molecular complexity index is 361. The van der Waals surface area contributed by atoms with E-state index in [9.17, 15) is 4.79 Å². The van der Waals surface area contributed by atoms with Gasteiger partial charge in [-0.15, -0.1) is 0 Å². The Hall–Kier alpha value is -0.373. The van der Waals surface area contributed by atoms with Crippen LogP contribution in [0.1, 0.15) is 25.7 Å². The number of ketones is 1. The molecule has 0 bridgehead atoms. The average Bonchev–Trinajstić information content (AvgIpc) is 2.43. The smallest absolute Gasteiger partial charge is 0.155 e. The lowest BCUT2D eigenvalue weighted by Gasteiger charge is -2.19. The fraction of sp³-hybridized carbons (Fsp3) is 0.750. The molecule has 2 unspecified atom stereocenters. The molecular formula is C12H18OSi. The molecule has 76 valence electrons. The summed E-state index contributed by atoms with van der Waals surface area (Å²) in [7, 11) is -1.36. The van der Waals surface area contributed by atoms with Crippen LogP contribution in [0.2, 0.25) is 19.6 Å². The Morgan fingerprint density at radius 2 is 2.07 bits per heavy atom. The van der Waals surface area contributed by atoms with E-state index in [1.54, 1.807) is 5.57 Å². The van der Waals surface area contributed by atoms with Gasteiger partial charge in [-0.3, -0.25) is 4.79 Å². The van der Waals surface area contributed by atoms with Gasteiger partial charge in [0.25, 0.3) is 0 Å². The van der Waals surface area contributed by atoms with Crippen LogP contribution in [0.3, 0.4) is 0 Å². The van der Waals surface area contributed by atoms with Crippen LogP contribution in [0.5, 0.6) is 0 Å². The monoisotopic (exact) mass is 206 g/mol. The number of hydrogen-bond donors (Lipinski definition) is 0. The molecule has 0 aromatic carbocycles. The van der Waals surface area contributed by atoms with Gasteiger partial charge >= 0.3 is 0 Å². The van der Waals surface area contributed by atoms with Crippen LogP contribution in [0.15, 0.2) is 10.8 Å². The lowest BCUT2D eigenvalue weighted by molar-refractivity contribution is -0.115. The first kappa shape index (κ1) is 8.90. The van der Waals surface area contributed by atoms with Crippen molar-refractivity contribution < 1.29 is 4.79 Å². The highest BCUT2D eigenvalue weighted by Gasteiger charge is 2.65. The lowest BCUT2D eigenvalue weighted by Crippen LogP contribution is -2.28. The van der Waals surface area contributed by atoms with Gasteiger partial charge in [0.05, 0.1) is 8.07 Å². The summed E-state index contributed by atoms with van der Waals surface area (Å²) < 4.78 is 0. The molecule has 2 heteroatoms. The number of allylic oxidation sites excluding steroid dienone is 2. The molecule has 0 heterocycles. The number of carbonyl (C=O) groups is 1. The summed E-state index contributed by atoms with van der Waals surface area (Å²) in [4.78, 5) is 12.0. The lowest BCUT2D eigenvalue weighted by atomic mass is 10.0. The number of carbonyl (C=O) groups excluding carboxylic acids is 1. The minimum Gasteiger partial charge on any atom is -0.295 e.